The molecule has 6 nitrogen and oxygen atoms in total. The van der Waals surface area contributed by atoms with Crippen LogP contribution in [0.2, 0.25) is 0 Å². The van der Waals surface area contributed by atoms with Gasteiger partial charge in [0.25, 0.3) is 5.91 Å². The van der Waals surface area contributed by atoms with Crippen molar-refractivity contribution in [1.82, 2.24) is 14.8 Å². The van der Waals surface area contributed by atoms with Gasteiger partial charge in [0, 0.05) is 44.6 Å². The van der Waals surface area contributed by atoms with Crippen LogP contribution < -0.4 is 5.56 Å². The number of rotatable bonds is 5. The molecule has 0 atom stereocenters. The molecule has 1 aromatic rings. The highest BCUT2D eigenvalue weighted by Gasteiger charge is 2.26. The molecule has 0 bridgehead atoms. The van der Waals surface area contributed by atoms with Crippen molar-refractivity contribution in [3.8, 4) is 0 Å². The zero-order valence-electron chi connectivity index (χ0n) is 12.7. The lowest BCUT2D eigenvalue weighted by atomic mass is 10.1. The Morgan fingerprint density at radius 3 is 2.57 bits per heavy atom. The first kappa shape index (κ1) is 15.7. The van der Waals surface area contributed by atoms with Gasteiger partial charge in [-0.25, -0.2) is 0 Å². The van der Waals surface area contributed by atoms with Crippen molar-refractivity contribution in [1.29, 1.82) is 0 Å². The molecule has 1 aliphatic rings. The van der Waals surface area contributed by atoms with Crippen molar-refractivity contribution < 1.29 is 9.53 Å². The van der Waals surface area contributed by atoms with Crippen LogP contribution in [0.4, 0.5) is 0 Å². The van der Waals surface area contributed by atoms with Gasteiger partial charge in [-0.1, -0.05) is 0 Å². The number of H-pyrrole nitrogens is 1. The quantitative estimate of drug-likeness (QED) is 0.861. The largest absolute Gasteiger partial charge is 0.381 e. The SMILES string of the molecule is CN(C)CCN(C(=O)c1ccc(=O)[nH]c1)C1CCOCC1. The van der Waals surface area contributed by atoms with Crippen LogP contribution in [0.15, 0.2) is 23.1 Å². The van der Waals surface area contributed by atoms with Gasteiger partial charge in [-0.2, -0.15) is 0 Å². The number of aromatic nitrogens is 1. The van der Waals surface area contributed by atoms with E-state index in [9.17, 15) is 9.59 Å². The Balaban J connectivity index is 2.14. The second-order valence-electron chi connectivity index (χ2n) is 5.59. The van der Waals surface area contributed by atoms with Gasteiger partial charge in [0.05, 0.1) is 5.56 Å². The average molecular weight is 293 g/mol. The molecular formula is C15H23N3O3. The molecule has 1 fully saturated rings. The number of hydrogen-bond acceptors (Lipinski definition) is 4. The van der Waals surface area contributed by atoms with E-state index >= 15 is 0 Å². The van der Waals surface area contributed by atoms with E-state index in [1.165, 1.54) is 12.3 Å². The van der Waals surface area contributed by atoms with Crippen LogP contribution in [0.5, 0.6) is 0 Å². The molecule has 0 saturated carbocycles. The number of hydrogen-bond donors (Lipinski definition) is 1. The predicted octanol–water partition coefficient (Wildman–Crippen LogP) is 0.558. The topological polar surface area (TPSA) is 65.6 Å². The second kappa shape index (κ2) is 7.38. The Morgan fingerprint density at radius 2 is 2.00 bits per heavy atom. The zero-order chi connectivity index (χ0) is 15.2. The molecule has 0 aliphatic carbocycles. The maximum Gasteiger partial charge on any atom is 0.255 e. The summed E-state index contributed by atoms with van der Waals surface area (Å²) in [6.45, 7) is 2.88. The number of aromatic amines is 1. The Morgan fingerprint density at radius 1 is 1.29 bits per heavy atom. The number of likely N-dealkylation sites (N-methyl/N-ethyl adjacent to an activating group) is 1. The average Bonchev–Trinajstić information content (AvgIpc) is 2.49. The lowest BCUT2D eigenvalue weighted by Crippen LogP contribution is -2.46. The van der Waals surface area contributed by atoms with Gasteiger partial charge in [0.15, 0.2) is 0 Å². The van der Waals surface area contributed by atoms with Gasteiger partial charge in [0.1, 0.15) is 0 Å². The Hall–Kier alpha value is -1.66. The number of nitrogens with zero attached hydrogens (tertiary/aromatic N) is 2. The van der Waals surface area contributed by atoms with Crippen molar-refractivity contribution in [3.63, 3.8) is 0 Å². The van der Waals surface area contributed by atoms with Crippen molar-refractivity contribution in [2.75, 3.05) is 40.4 Å². The van der Waals surface area contributed by atoms with Crippen molar-refractivity contribution in [2.24, 2.45) is 0 Å². The Bertz CT molecular complexity index is 501. The van der Waals surface area contributed by atoms with E-state index in [1.54, 1.807) is 6.07 Å². The highest BCUT2D eigenvalue weighted by Crippen LogP contribution is 2.17. The van der Waals surface area contributed by atoms with E-state index in [2.05, 4.69) is 9.88 Å². The van der Waals surface area contributed by atoms with E-state index in [4.69, 9.17) is 4.74 Å². The smallest absolute Gasteiger partial charge is 0.255 e. The fourth-order valence-electron chi connectivity index (χ4n) is 2.46. The third-order valence-electron chi connectivity index (χ3n) is 3.71. The number of carbonyl (C=O) groups excluding carboxylic acids is 1. The monoisotopic (exact) mass is 293 g/mol. The summed E-state index contributed by atoms with van der Waals surface area (Å²) >= 11 is 0. The lowest BCUT2D eigenvalue weighted by Gasteiger charge is -2.35. The van der Waals surface area contributed by atoms with Crippen molar-refractivity contribution >= 4 is 5.91 Å². The number of carbonyl (C=O) groups is 1. The number of amides is 1. The Kier molecular flexibility index (Phi) is 5.52. The van der Waals surface area contributed by atoms with Crippen molar-refractivity contribution in [2.45, 2.75) is 18.9 Å². The fourth-order valence-corrected chi connectivity index (χ4v) is 2.46. The highest BCUT2D eigenvalue weighted by molar-refractivity contribution is 5.94. The van der Waals surface area contributed by atoms with Gasteiger partial charge < -0.3 is 19.5 Å². The standard InChI is InChI=1S/C15H23N3O3/c1-17(2)7-8-18(13-5-9-21-10-6-13)15(20)12-3-4-14(19)16-11-12/h3-4,11,13H,5-10H2,1-2H3,(H,16,19). The molecule has 1 aliphatic heterocycles. The van der Waals surface area contributed by atoms with Gasteiger partial charge >= 0.3 is 0 Å². The van der Waals surface area contributed by atoms with Gasteiger partial charge in [0.2, 0.25) is 5.56 Å². The maximum atomic E-state index is 12.7. The van der Waals surface area contributed by atoms with Gasteiger partial charge in [-0.3, -0.25) is 9.59 Å². The third-order valence-corrected chi connectivity index (χ3v) is 3.71. The molecule has 0 radical (unpaired) electrons. The summed E-state index contributed by atoms with van der Waals surface area (Å²) in [6, 6.07) is 3.18. The molecule has 6 heteroatoms. The molecule has 2 heterocycles. The van der Waals surface area contributed by atoms with Crippen LogP contribution in [0.25, 0.3) is 0 Å². The molecular weight excluding hydrogens is 270 g/mol. The van der Waals surface area contributed by atoms with Crippen LogP contribution in [-0.4, -0.2) is 67.1 Å². The second-order valence-corrected chi connectivity index (χ2v) is 5.59. The van der Waals surface area contributed by atoms with E-state index in [0.29, 0.717) is 25.3 Å². The molecule has 1 amide bonds. The molecule has 0 spiro atoms. The van der Waals surface area contributed by atoms with E-state index < -0.39 is 0 Å². The minimum absolute atomic E-state index is 0.0278. The highest BCUT2D eigenvalue weighted by atomic mass is 16.5. The van der Waals surface area contributed by atoms with E-state index in [0.717, 1.165) is 19.4 Å². The summed E-state index contributed by atoms with van der Waals surface area (Å²) in [5.41, 5.74) is 0.331. The van der Waals surface area contributed by atoms with Crippen LogP contribution in [-0.2, 0) is 4.74 Å². The van der Waals surface area contributed by atoms with Crippen molar-refractivity contribution in [3.05, 3.63) is 34.2 Å². The minimum Gasteiger partial charge on any atom is -0.381 e. The van der Waals surface area contributed by atoms with E-state index in [-0.39, 0.29) is 17.5 Å². The molecule has 1 aromatic heterocycles. The van der Waals surface area contributed by atoms with Crippen LogP contribution in [0.1, 0.15) is 23.2 Å². The summed E-state index contributed by atoms with van der Waals surface area (Å²) in [7, 11) is 3.99. The molecule has 0 unspecified atom stereocenters. The number of ether oxygens (including phenoxy) is 1. The summed E-state index contributed by atoms with van der Waals surface area (Å²) < 4.78 is 5.38. The van der Waals surface area contributed by atoms with Crippen LogP contribution in [0, 0.1) is 0 Å². The van der Waals surface area contributed by atoms with Gasteiger partial charge in [-0.05, 0) is 33.0 Å². The molecule has 21 heavy (non-hydrogen) atoms. The van der Waals surface area contributed by atoms with Crippen LogP contribution in [0.3, 0.4) is 0 Å². The van der Waals surface area contributed by atoms with Gasteiger partial charge in [-0.15, -0.1) is 0 Å². The van der Waals surface area contributed by atoms with Crippen LogP contribution >= 0.6 is 0 Å². The number of nitrogens with one attached hydrogen (secondary N) is 1. The van der Waals surface area contributed by atoms with E-state index in [1.807, 2.05) is 19.0 Å². The fraction of sp³-hybridized carbons (Fsp3) is 0.600. The molecule has 116 valence electrons. The summed E-state index contributed by atoms with van der Waals surface area (Å²) in [4.78, 5) is 30.4. The summed E-state index contributed by atoms with van der Waals surface area (Å²) in [5, 5.41) is 0. The lowest BCUT2D eigenvalue weighted by molar-refractivity contribution is 0.0275. The first-order chi connectivity index (χ1) is 10.1. The molecule has 0 aromatic carbocycles. The molecule has 1 N–H and O–H groups in total. The normalized spacial score (nSPS) is 16.1. The molecule has 2 rings (SSSR count). The summed E-state index contributed by atoms with van der Waals surface area (Å²) in [5.74, 6) is -0.0278. The number of pyridine rings is 1. The first-order valence-corrected chi connectivity index (χ1v) is 7.30. The first-order valence-electron chi connectivity index (χ1n) is 7.30. The molecule has 1 saturated heterocycles. The Labute approximate surface area is 124 Å². The predicted molar refractivity (Wildman–Crippen MR) is 80.5 cm³/mol. The zero-order valence-corrected chi connectivity index (χ0v) is 12.7. The maximum absolute atomic E-state index is 12.7. The summed E-state index contributed by atoms with van der Waals surface area (Å²) in [6.07, 6.45) is 3.22. The third kappa shape index (κ3) is 4.41. The minimum atomic E-state index is -0.197.